The number of benzene rings is 1. The zero-order valence-electron chi connectivity index (χ0n) is 24.5. The third-order valence-corrected chi connectivity index (χ3v) is 7.82. The summed E-state index contributed by atoms with van der Waals surface area (Å²) in [6.45, 7) is 10.8. The highest BCUT2D eigenvalue weighted by Crippen LogP contribution is 2.48. The minimum Gasteiger partial charge on any atom is -0.384 e. The number of alkyl halides is 2. The fraction of sp³-hybridized carbons (Fsp3) is 0.469. The molecular weight excluding hydrogens is 522 g/mol. The normalized spacial score (nSPS) is 16.7. The first-order valence-corrected chi connectivity index (χ1v) is 14.7. The van der Waals surface area contributed by atoms with Crippen LogP contribution >= 0.6 is 0 Å². The van der Waals surface area contributed by atoms with E-state index in [1.807, 2.05) is 54.4 Å². The van der Waals surface area contributed by atoms with Crippen molar-refractivity contribution >= 4 is 33.7 Å². The van der Waals surface area contributed by atoms with Crippen LogP contribution in [0.2, 0.25) is 0 Å². The molecule has 0 aliphatic heterocycles. The average Bonchev–Trinajstić information content (AvgIpc) is 3.64. The number of nitrogen functional groups attached to an aromatic ring is 1. The highest BCUT2D eigenvalue weighted by atomic mass is 19.3. The van der Waals surface area contributed by atoms with Crippen molar-refractivity contribution in [3.05, 3.63) is 52.5 Å². The molecule has 1 aromatic carbocycles. The maximum Gasteiger partial charge on any atom is 0.255 e. The molecule has 3 aromatic heterocycles. The van der Waals surface area contributed by atoms with E-state index in [1.54, 1.807) is 6.20 Å². The summed E-state index contributed by atoms with van der Waals surface area (Å²) < 4.78 is 37.5. The molecule has 2 aliphatic rings. The number of fused-ring (bicyclic) bond motifs is 2. The predicted octanol–water partition coefficient (Wildman–Crippen LogP) is 8.19. The zero-order valence-corrected chi connectivity index (χ0v) is 24.5. The number of hydrogen-bond donors (Lipinski definition) is 1. The van der Waals surface area contributed by atoms with Gasteiger partial charge in [-0.2, -0.15) is 10.4 Å². The van der Waals surface area contributed by atoms with Gasteiger partial charge in [0.1, 0.15) is 17.5 Å². The average molecular weight is 561 g/mol. The van der Waals surface area contributed by atoms with Crippen LogP contribution in [0, 0.1) is 18.3 Å². The Kier molecular flexibility index (Phi) is 7.89. The maximum absolute atomic E-state index is 13.8. The Bertz CT molecular complexity index is 1660. The van der Waals surface area contributed by atoms with E-state index in [2.05, 4.69) is 19.9 Å². The van der Waals surface area contributed by atoms with Gasteiger partial charge in [0.2, 0.25) is 0 Å². The number of aromatic nitrogens is 4. The van der Waals surface area contributed by atoms with Gasteiger partial charge in [-0.25, -0.2) is 13.5 Å². The van der Waals surface area contributed by atoms with Crippen molar-refractivity contribution in [1.82, 2.24) is 19.3 Å². The highest BCUT2D eigenvalue weighted by Gasteiger charge is 2.41. The van der Waals surface area contributed by atoms with Gasteiger partial charge >= 0.3 is 0 Å². The van der Waals surface area contributed by atoms with Crippen LogP contribution in [-0.4, -0.2) is 31.9 Å². The molecule has 0 radical (unpaired) electrons. The molecule has 0 amide bonds. The topological polar surface area (TPSA) is 94.7 Å². The van der Waals surface area contributed by atoms with Gasteiger partial charge in [0.15, 0.2) is 6.23 Å². The molecule has 0 saturated heterocycles. The van der Waals surface area contributed by atoms with Gasteiger partial charge in [0, 0.05) is 47.9 Å². The van der Waals surface area contributed by atoms with Crippen molar-refractivity contribution in [2.24, 2.45) is 0 Å². The summed E-state index contributed by atoms with van der Waals surface area (Å²) in [6, 6.07) is 6.32. The van der Waals surface area contributed by atoms with Crippen LogP contribution in [0.3, 0.4) is 0 Å². The first-order chi connectivity index (χ1) is 19.8. The van der Waals surface area contributed by atoms with E-state index in [9.17, 15) is 14.0 Å². The van der Waals surface area contributed by atoms with Crippen molar-refractivity contribution in [1.29, 1.82) is 5.26 Å². The van der Waals surface area contributed by atoms with Crippen molar-refractivity contribution in [2.75, 3.05) is 12.3 Å². The van der Waals surface area contributed by atoms with Gasteiger partial charge in [-0.3, -0.25) is 9.55 Å². The number of anilines is 1. The standard InChI is InChI=1S/C30H32F2N6O.C2H6/c1-4-10-39-25(5-2)38-24-9-6-17(3)27(23(24)16-36-38)37-28-20(11-18-12-30(31,32)13-18)26(19-7-8-19)35-15-22(28)21(14-33)29(37)34;1-2/h6,9,11,15-16,19,25H,4-5,7-8,10,12-13,34H2,1-3H3;1-2H3. The third kappa shape index (κ3) is 4.99. The van der Waals surface area contributed by atoms with Crippen molar-refractivity contribution < 1.29 is 13.5 Å². The quantitative estimate of drug-likeness (QED) is 0.234. The SMILES string of the molecule is CC.CCCOC(CC)n1ncc2c(-n3c(N)c(C#N)c4cnc(C5CC5)c(C=C5CC(F)(F)C5)c43)c(C)ccc21. The minimum absolute atomic E-state index is 0.210. The molecule has 0 bridgehead atoms. The van der Waals surface area contributed by atoms with Crippen LogP contribution in [0.4, 0.5) is 14.6 Å². The summed E-state index contributed by atoms with van der Waals surface area (Å²) in [5.41, 5.74) is 12.8. The van der Waals surface area contributed by atoms with Crippen molar-refractivity contribution in [3.8, 4) is 11.8 Å². The van der Waals surface area contributed by atoms with Crippen molar-refractivity contribution in [3.63, 3.8) is 0 Å². The van der Waals surface area contributed by atoms with Crippen LogP contribution in [-0.2, 0) is 4.74 Å². The summed E-state index contributed by atoms with van der Waals surface area (Å²) in [7, 11) is 0. The third-order valence-electron chi connectivity index (χ3n) is 7.82. The predicted molar refractivity (Wildman–Crippen MR) is 159 cm³/mol. The molecule has 6 rings (SSSR count). The molecule has 216 valence electrons. The molecule has 2 N–H and O–H groups in total. The lowest BCUT2D eigenvalue weighted by atomic mass is 9.85. The number of halogens is 2. The molecule has 41 heavy (non-hydrogen) atoms. The molecule has 1 atom stereocenters. The molecule has 7 nitrogen and oxygen atoms in total. The second kappa shape index (κ2) is 11.2. The number of nitriles is 1. The Hall–Kier alpha value is -3.77. The lowest BCUT2D eigenvalue weighted by Crippen LogP contribution is -2.28. The van der Waals surface area contributed by atoms with Crippen LogP contribution in [0.25, 0.3) is 33.6 Å². The molecule has 2 fully saturated rings. The van der Waals surface area contributed by atoms with E-state index < -0.39 is 5.92 Å². The van der Waals surface area contributed by atoms with Gasteiger partial charge in [-0.05, 0) is 44.2 Å². The number of ether oxygens (including phenoxy) is 1. The van der Waals surface area contributed by atoms with E-state index in [4.69, 9.17) is 20.6 Å². The Morgan fingerprint density at radius 3 is 2.54 bits per heavy atom. The van der Waals surface area contributed by atoms with Gasteiger partial charge in [0.25, 0.3) is 5.92 Å². The number of allylic oxidation sites excluding steroid dienone is 1. The Balaban J connectivity index is 0.00000165. The van der Waals surface area contributed by atoms with E-state index >= 15 is 0 Å². The summed E-state index contributed by atoms with van der Waals surface area (Å²) in [6.07, 6.45) is 8.35. The van der Waals surface area contributed by atoms with Crippen LogP contribution in [0.15, 0.2) is 30.1 Å². The molecule has 4 aromatic rings. The van der Waals surface area contributed by atoms with Gasteiger partial charge < -0.3 is 10.5 Å². The Morgan fingerprint density at radius 1 is 1.20 bits per heavy atom. The number of hydrogen-bond acceptors (Lipinski definition) is 5. The molecule has 2 saturated carbocycles. The highest BCUT2D eigenvalue weighted by molar-refractivity contribution is 6.02. The van der Waals surface area contributed by atoms with E-state index in [1.165, 1.54) is 0 Å². The summed E-state index contributed by atoms with van der Waals surface area (Å²) in [5, 5.41) is 16.3. The Morgan fingerprint density at radius 2 is 1.93 bits per heavy atom. The first kappa shape index (κ1) is 28.7. The molecule has 0 spiro atoms. The maximum atomic E-state index is 13.8. The number of rotatable bonds is 8. The van der Waals surface area contributed by atoms with Gasteiger partial charge in [-0.15, -0.1) is 0 Å². The lowest BCUT2D eigenvalue weighted by Gasteiger charge is -2.29. The first-order valence-electron chi connectivity index (χ1n) is 14.7. The fourth-order valence-electron chi connectivity index (χ4n) is 5.78. The number of aryl methyl sites for hydroxylation is 1. The number of nitrogens with two attached hydrogens (primary N) is 1. The smallest absolute Gasteiger partial charge is 0.255 e. The van der Waals surface area contributed by atoms with Crippen LogP contribution in [0.5, 0.6) is 0 Å². The monoisotopic (exact) mass is 560 g/mol. The summed E-state index contributed by atoms with van der Waals surface area (Å²) in [4.78, 5) is 4.74. The zero-order chi connectivity index (χ0) is 29.5. The molecule has 3 heterocycles. The second-order valence-electron chi connectivity index (χ2n) is 10.8. The van der Waals surface area contributed by atoms with Crippen molar-refractivity contribution in [2.45, 2.75) is 91.2 Å². The number of nitrogens with zero attached hydrogens (tertiary/aromatic N) is 5. The lowest BCUT2D eigenvalue weighted by molar-refractivity contribution is -0.0357. The van der Waals surface area contributed by atoms with Gasteiger partial charge in [-0.1, -0.05) is 45.4 Å². The van der Waals surface area contributed by atoms with E-state index in [-0.39, 0.29) is 25.0 Å². The van der Waals surface area contributed by atoms with Crippen LogP contribution < -0.4 is 5.73 Å². The Labute approximate surface area is 239 Å². The number of pyridine rings is 1. The largest absolute Gasteiger partial charge is 0.384 e. The fourth-order valence-corrected chi connectivity index (χ4v) is 5.78. The van der Waals surface area contributed by atoms with E-state index in [0.29, 0.717) is 28.9 Å². The minimum atomic E-state index is -2.67. The summed E-state index contributed by atoms with van der Waals surface area (Å²) in [5.74, 6) is -2.09. The van der Waals surface area contributed by atoms with Crippen LogP contribution in [0.1, 0.15) is 101 Å². The summed E-state index contributed by atoms with van der Waals surface area (Å²) >= 11 is 0. The molecule has 2 aliphatic carbocycles. The van der Waals surface area contributed by atoms with E-state index in [0.717, 1.165) is 64.6 Å². The van der Waals surface area contributed by atoms with Gasteiger partial charge in [0.05, 0.1) is 28.6 Å². The molecular formula is C32H38F2N6O. The molecule has 9 heteroatoms. The second-order valence-corrected chi connectivity index (χ2v) is 10.8. The molecule has 1 unspecified atom stereocenters.